The van der Waals surface area contributed by atoms with Gasteiger partial charge in [0.15, 0.2) is 5.95 Å². The van der Waals surface area contributed by atoms with Gasteiger partial charge in [0.05, 0.1) is 30.8 Å². The highest BCUT2D eigenvalue weighted by molar-refractivity contribution is 7.16. The molecule has 0 radical (unpaired) electrons. The summed E-state index contributed by atoms with van der Waals surface area (Å²) in [6.45, 7) is 4.59. The standard InChI is InChI=1S/C34H28N4O5S2/c1-16-17(2)45-31-24-12-22(33(40)42-4)20(14-29(24)43-15-25(16)31)19-13-28(41-3)23(30-6-5-9-44-30)11-21(19)32(39)36-18-7-8-26-27(10-18)38-34(35)37-26/h5-14H,15H2,1-4H3,(H,36,39)(H3,35,37,38). The third-order valence-electron chi connectivity index (χ3n) is 8.07. The van der Waals surface area contributed by atoms with Crippen molar-refractivity contribution in [1.29, 1.82) is 0 Å². The molecular weight excluding hydrogens is 609 g/mol. The summed E-state index contributed by atoms with van der Waals surface area (Å²) in [5.41, 5.74) is 13.3. The van der Waals surface area contributed by atoms with E-state index in [1.54, 1.807) is 54.8 Å². The number of nitrogens with one attached hydrogen (secondary N) is 2. The van der Waals surface area contributed by atoms with E-state index in [0.29, 0.717) is 51.6 Å². The minimum Gasteiger partial charge on any atom is -0.496 e. The summed E-state index contributed by atoms with van der Waals surface area (Å²) in [4.78, 5) is 38.0. The average molecular weight is 637 g/mol. The van der Waals surface area contributed by atoms with Gasteiger partial charge in [-0.05, 0) is 78.9 Å². The van der Waals surface area contributed by atoms with Gasteiger partial charge in [0, 0.05) is 48.1 Å². The van der Waals surface area contributed by atoms with Gasteiger partial charge in [-0.3, -0.25) is 4.79 Å². The van der Waals surface area contributed by atoms with E-state index in [-0.39, 0.29) is 11.9 Å². The number of carbonyl (C=O) groups excluding carboxylic acids is 2. The van der Waals surface area contributed by atoms with Gasteiger partial charge in [-0.1, -0.05) is 6.07 Å². The quantitative estimate of drug-likeness (QED) is 0.159. The van der Waals surface area contributed by atoms with E-state index in [0.717, 1.165) is 32.0 Å². The normalized spacial score (nSPS) is 11.9. The van der Waals surface area contributed by atoms with Crippen molar-refractivity contribution in [1.82, 2.24) is 9.97 Å². The third kappa shape index (κ3) is 4.90. The lowest BCUT2D eigenvalue weighted by Gasteiger charge is -2.22. The summed E-state index contributed by atoms with van der Waals surface area (Å²) >= 11 is 3.21. The minimum atomic E-state index is -0.529. The molecule has 0 bridgehead atoms. The second-order valence-corrected chi connectivity index (χ2v) is 12.8. The Kier molecular flexibility index (Phi) is 7.06. The van der Waals surface area contributed by atoms with Gasteiger partial charge in [0.1, 0.15) is 18.1 Å². The number of nitrogen functional groups attached to an aromatic ring is 1. The summed E-state index contributed by atoms with van der Waals surface area (Å²) in [6.07, 6.45) is 0. The lowest BCUT2D eigenvalue weighted by molar-refractivity contribution is 0.0601. The van der Waals surface area contributed by atoms with E-state index < -0.39 is 5.97 Å². The number of anilines is 2. The zero-order chi connectivity index (χ0) is 31.4. The number of carbonyl (C=O) groups is 2. The number of aryl methyl sites for hydroxylation is 1. The van der Waals surface area contributed by atoms with Gasteiger partial charge < -0.3 is 30.2 Å². The van der Waals surface area contributed by atoms with Crippen LogP contribution in [0.5, 0.6) is 11.5 Å². The van der Waals surface area contributed by atoms with Crippen LogP contribution in [-0.2, 0) is 11.3 Å². The summed E-state index contributed by atoms with van der Waals surface area (Å²) < 4.78 is 17.4. The number of rotatable bonds is 6. The molecule has 4 N–H and O–H groups in total. The van der Waals surface area contributed by atoms with Gasteiger partial charge in [-0.25, -0.2) is 9.78 Å². The van der Waals surface area contributed by atoms with Crippen LogP contribution in [0, 0.1) is 13.8 Å². The van der Waals surface area contributed by atoms with Crippen LogP contribution >= 0.6 is 22.7 Å². The van der Waals surface area contributed by atoms with Crippen molar-refractivity contribution in [3.05, 3.63) is 87.1 Å². The second-order valence-electron chi connectivity index (χ2n) is 10.6. The largest absolute Gasteiger partial charge is 0.496 e. The van der Waals surface area contributed by atoms with Crippen LogP contribution in [0.3, 0.4) is 0 Å². The third-order valence-corrected chi connectivity index (χ3v) is 10.3. The molecule has 0 aliphatic carbocycles. The number of esters is 1. The molecule has 7 rings (SSSR count). The van der Waals surface area contributed by atoms with Crippen molar-refractivity contribution in [3.63, 3.8) is 0 Å². The molecule has 3 aromatic carbocycles. The molecule has 226 valence electrons. The number of benzene rings is 3. The molecule has 1 aliphatic rings. The van der Waals surface area contributed by atoms with E-state index in [2.05, 4.69) is 29.1 Å². The SMILES string of the molecule is COC(=O)c1cc2c(cc1-c1cc(OC)c(-c3cccs3)cc1C(=O)Nc1ccc3[nH]c(N)nc3c1)OCc1c-2sc(C)c1C. The van der Waals surface area contributed by atoms with E-state index in [1.165, 1.54) is 28.9 Å². The van der Waals surface area contributed by atoms with E-state index in [1.807, 2.05) is 23.6 Å². The van der Waals surface area contributed by atoms with Crippen molar-refractivity contribution in [2.45, 2.75) is 20.5 Å². The Morgan fingerprint density at radius 3 is 2.56 bits per heavy atom. The molecule has 0 fully saturated rings. The fourth-order valence-corrected chi connectivity index (χ4v) is 7.61. The second kappa shape index (κ2) is 11.1. The first-order valence-electron chi connectivity index (χ1n) is 14.1. The number of hydrogen-bond acceptors (Lipinski definition) is 9. The predicted molar refractivity (Wildman–Crippen MR) is 179 cm³/mol. The molecule has 0 spiro atoms. The maximum absolute atomic E-state index is 14.2. The number of fused-ring (bicyclic) bond motifs is 4. The number of aromatic nitrogens is 2. The highest BCUT2D eigenvalue weighted by Crippen LogP contribution is 2.48. The summed E-state index contributed by atoms with van der Waals surface area (Å²) in [6, 6.07) is 16.5. The fourth-order valence-electron chi connectivity index (χ4n) is 5.68. The molecule has 9 nitrogen and oxygen atoms in total. The van der Waals surface area contributed by atoms with Gasteiger partial charge in [0.25, 0.3) is 5.91 Å². The van der Waals surface area contributed by atoms with E-state index in [4.69, 9.17) is 19.9 Å². The smallest absolute Gasteiger partial charge is 0.338 e. The molecule has 0 unspecified atom stereocenters. The minimum absolute atomic E-state index is 0.288. The lowest BCUT2D eigenvalue weighted by Crippen LogP contribution is -2.15. The van der Waals surface area contributed by atoms with Crippen molar-refractivity contribution < 1.29 is 23.8 Å². The summed E-state index contributed by atoms with van der Waals surface area (Å²) in [5, 5.41) is 4.97. The Hall–Kier alpha value is -5.13. The molecule has 0 saturated carbocycles. The van der Waals surface area contributed by atoms with E-state index >= 15 is 0 Å². The molecule has 0 atom stereocenters. The number of imidazole rings is 1. The highest BCUT2D eigenvalue weighted by Gasteiger charge is 2.29. The lowest BCUT2D eigenvalue weighted by atomic mass is 9.89. The summed E-state index contributed by atoms with van der Waals surface area (Å²) in [7, 11) is 2.93. The van der Waals surface area contributed by atoms with Crippen molar-refractivity contribution in [2.24, 2.45) is 0 Å². The Balaban J connectivity index is 1.43. The first-order chi connectivity index (χ1) is 21.7. The topological polar surface area (TPSA) is 129 Å². The monoisotopic (exact) mass is 636 g/mol. The number of thiophene rings is 2. The molecule has 0 saturated heterocycles. The van der Waals surface area contributed by atoms with Crippen LogP contribution in [0.15, 0.2) is 60.0 Å². The van der Waals surface area contributed by atoms with Crippen LogP contribution in [-0.4, -0.2) is 36.1 Å². The first kappa shape index (κ1) is 28.6. The molecule has 45 heavy (non-hydrogen) atoms. The molecule has 3 aromatic heterocycles. The van der Waals surface area contributed by atoms with Crippen LogP contribution in [0.25, 0.3) is 43.0 Å². The highest BCUT2D eigenvalue weighted by atomic mass is 32.1. The Morgan fingerprint density at radius 2 is 1.80 bits per heavy atom. The van der Waals surface area contributed by atoms with Crippen LogP contribution in [0.1, 0.15) is 36.7 Å². The van der Waals surface area contributed by atoms with Crippen LogP contribution in [0.2, 0.25) is 0 Å². The molecular formula is C34H28N4O5S2. The maximum atomic E-state index is 14.2. The number of nitrogens with two attached hydrogens (primary N) is 1. The van der Waals surface area contributed by atoms with Crippen molar-refractivity contribution >= 4 is 57.2 Å². The number of nitrogens with zero attached hydrogens (tertiary/aromatic N) is 1. The number of methoxy groups -OCH3 is 2. The maximum Gasteiger partial charge on any atom is 0.338 e. The van der Waals surface area contributed by atoms with Crippen molar-refractivity contribution in [2.75, 3.05) is 25.3 Å². The van der Waals surface area contributed by atoms with Gasteiger partial charge in [0.2, 0.25) is 0 Å². The fraction of sp³-hybridized carbons (Fsp3) is 0.147. The number of ether oxygens (including phenoxy) is 3. The van der Waals surface area contributed by atoms with Crippen LogP contribution in [0.4, 0.5) is 11.6 Å². The molecule has 1 amide bonds. The predicted octanol–water partition coefficient (Wildman–Crippen LogP) is 7.83. The van der Waals surface area contributed by atoms with Gasteiger partial charge in [-0.15, -0.1) is 22.7 Å². The number of aromatic amines is 1. The Labute approximate surface area is 266 Å². The zero-order valence-corrected chi connectivity index (χ0v) is 26.5. The van der Waals surface area contributed by atoms with E-state index in [9.17, 15) is 9.59 Å². The summed E-state index contributed by atoms with van der Waals surface area (Å²) in [5.74, 6) is 0.560. The van der Waals surface area contributed by atoms with Gasteiger partial charge >= 0.3 is 5.97 Å². The number of amides is 1. The molecule has 4 heterocycles. The zero-order valence-electron chi connectivity index (χ0n) is 24.9. The Morgan fingerprint density at radius 1 is 1.00 bits per heavy atom. The first-order valence-corrected chi connectivity index (χ1v) is 15.8. The van der Waals surface area contributed by atoms with Crippen LogP contribution < -0.4 is 20.5 Å². The number of hydrogen-bond donors (Lipinski definition) is 3. The average Bonchev–Trinajstić information content (AvgIpc) is 3.78. The van der Waals surface area contributed by atoms with Gasteiger partial charge in [-0.2, -0.15) is 0 Å². The molecule has 1 aliphatic heterocycles. The number of H-pyrrole nitrogens is 1. The molecule has 11 heteroatoms. The Bertz CT molecular complexity index is 2150. The van der Waals surface area contributed by atoms with Crippen molar-refractivity contribution in [3.8, 4) is 43.5 Å². The molecule has 6 aromatic rings.